The summed E-state index contributed by atoms with van der Waals surface area (Å²) in [6.45, 7) is 2.94. The molecule has 25 heavy (non-hydrogen) atoms. The molecule has 136 valence electrons. The molecule has 3 rings (SSSR count). The number of rotatable bonds is 4. The Balaban J connectivity index is 1.70. The van der Waals surface area contributed by atoms with Gasteiger partial charge in [0.2, 0.25) is 0 Å². The second-order valence-corrected chi connectivity index (χ2v) is 6.16. The molecule has 0 bridgehead atoms. The lowest BCUT2D eigenvalue weighted by Crippen LogP contribution is -2.57. The van der Waals surface area contributed by atoms with Crippen molar-refractivity contribution in [2.45, 2.75) is 19.1 Å². The van der Waals surface area contributed by atoms with Gasteiger partial charge in [-0.05, 0) is 18.6 Å². The standard InChI is InChI=1S/C17H20F3N3O2/c1-11-3-2-4-12-9-13(25-15(11)12)16(24)22-10-14(17(18,19)20)23-7-5-21-6-8-23/h2-4,9,14,21H,5-8,10H2,1H3,(H,22,24). The number of para-hydroxylation sites is 1. The van der Waals surface area contributed by atoms with Crippen LogP contribution in [0.25, 0.3) is 11.0 Å². The van der Waals surface area contributed by atoms with Gasteiger partial charge in [0.25, 0.3) is 5.91 Å². The number of benzene rings is 1. The highest BCUT2D eigenvalue weighted by molar-refractivity contribution is 5.96. The minimum Gasteiger partial charge on any atom is -0.451 e. The van der Waals surface area contributed by atoms with Crippen LogP contribution in [-0.2, 0) is 0 Å². The second kappa shape index (κ2) is 7.05. The maximum atomic E-state index is 13.3. The fourth-order valence-corrected chi connectivity index (χ4v) is 3.04. The maximum Gasteiger partial charge on any atom is 0.405 e. The highest BCUT2D eigenvalue weighted by atomic mass is 19.4. The average Bonchev–Trinajstić information content (AvgIpc) is 3.00. The number of halogens is 3. The quantitative estimate of drug-likeness (QED) is 0.884. The van der Waals surface area contributed by atoms with Gasteiger partial charge in [0.1, 0.15) is 11.6 Å². The van der Waals surface area contributed by atoms with Crippen LogP contribution < -0.4 is 10.6 Å². The molecule has 1 saturated heterocycles. The van der Waals surface area contributed by atoms with Gasteiger partial charge in [-0.15, -0.1) is 0 Å². The van der Waals surface area contributed by atoms with E-state index in [0.29, 0.717) is 31.8 Å². The summed E-state index contributed by atoms with van der Waals surface area (Å²) in [6, 6.07) is 5.31. The third-order valence-electron chi connectivity index (χ3n) is 4.39. The predicted molar refractivity (Wildman–Crippen MR) is 87.6 cm³/mol. The van der Waals surface area contributed by atoms with Crippen LogP contribution in [0.5, 0.6) is 0 Å². The SMILES string of the molecule is Cc1cccc2cc(C(=O)NCC(N3CCNCC3)C(F)(F)F)oc12. The smallest absolute Gasteiger partial charge is 0.405 e. The Bertz CT molecular complexity index is 751. The zero-order valence-electron chi connectivity index (χ0n) is 13.8. The van der Waals surface area contributed by atoms with Crippen molar-refractivity contribution in [1.82, 2.24) is 15.5 Å². The second-order valence-electron chi connectivity index (χ2n) is 6.16. The normalized spacial score (nSPS) is 17.6. The van der Waals surface area contributed by atoms with Crippen LogP contribution in [0, 0.1) is 6.92 Å². The molecule has 1 aliphatic rings. The Hall–Kier alpha value is -2.06. The molecule has 5 nitrogen and oxygen atoms in total. The molecule has 0 aliphatic carbocycles. The van der Waals surface area contributed by atoms with Gasteiger partial charge in [0, 0.05) is 38.1 Å². The van der Waals surface area contributed by atoms with Crippen molar-refractivity contribution in [3.8, 4) is 0 Å². The molecule has 1 amide bonds. The number of piperazine rings is 1. The molecule has 2 aromatic rings. The number of alkyl halides is 3. The molecule has 1 unspecified atom stereocenters. The first kappa shape index (κ1) is 17.8. The molecule has 1 aromatic carbocycles. The van der Waals surface area contributed by atoms with Crippen LogP contribution in [0.15, 0.2) is 28.7 Å². The Morgan fingerprint density at radius 3 is 2.72 bits per heavy atom. The van der Waals surface area contributed by atoms with Crippen LogP contribution in [0.2, 0.25) is 0 Å². The lowest BCUT2D eigenvalue weighted by Gasteiger charge is -2.35. The van der Waals surface area contributed by atoms with E-state index in [1.807, 2.05) is 19.1 Å². The predicted octanol–water partition coefficient (Wildman–Crippen LogP) is 2.31. The summed E-state index contributed by atoms with van der Waals surface area (Å²) in [7, 11) is 0. The van der Waals surface area contributed by atoms with Crippen LogP contribution in [0.1, 0.15) is 16.1 Å². The number of furan rings is 1. The van der Waals surface area contributed by atoms with Crippen molar-refractivity contribution in [2.24, 2.45) is 0 Å². The first-order valence-corrected chi connectivity index (χ1v) is 8.15. The summed E-state index contributed by atoms with van der Waals surface area (Å²) < 4.78 is 45.5. The third kappa shape index (κ3) is 3.96. The molecule has 0 saturated carbocycles. The summed E-state index contributed by atoms with van der Waals surface area (Å²) in [5, 5.41) is 6.14. The van der Waals surface area contributed by atoms with Gasteiger partial charge in [-0.1, -0.05) is 18.2 Å². The van der Waals surface area contributed by atoms with Gasteiger partial charge < -0.3 is 15.1 Å². The van der Waals surface area contributed by atoms with E-state index in [0.717, 1.165) is 10.9 Å². The average molecular weight is 355 g/mol. The number of aryl methyl sites for hydroxylation is 1. The summed E-state index contributed by atoms with van der Waals surface area (Å²) in [6.07, 6.45) is -4.41. The highest BCUT2D eigenvalue weighted by Crippen LogP contribution is 2.25. The number of carbonyl (C=O) groups is 1. The number of carbonyl (C=O) groups excluding carboxylic acids is 1. The summed E-state index contributed by atoms with van der Waals surface area (Å²) >= 11 is 0. The van der Waals surface area contributed by atoms with E-state index in [-0.39, 0.29) is 5.76 Å². The zero-order valence-corrected chi connectivity index (χ0v) is 13.8. The van der Waals surface area contributed by atoms with Crippen molar-refractivity contribution in [2.75, 3.05) is 32.7 Å². The lowest BCUT2D eigenvalue weighted by molar-refractivity contribution is -0.183. The van der Waals surface area contributed by atoms with Gasteiger partial charge in [0.05, 0.1) is 0 Å². The van der Waals surface area contributed by atoms with Crippen molar-refractivity contribution < 1.29 is 22.4 Å². The van der Waals surface area contributed by atoms with E-state index in [4.69, 9.17) is 4.42 Å². The van der Waals surface area contributed by atoms with Gasteiger partial charge in [-0.2, -0.15) is 13.2 Å². The number of nitrogens with one attached hydrogen (secondary N) is 2. The van der Waals surface area contributed by atoms with Crippen molar-refractivity contribution >= 4 is 16.9 Å². The Morgan fingerprint density at radius 1 is 1.36 bits per heavy atom. The first-order valence-electron chi connectivity index (χ1n) is 8.15. The third-order valence-corrected chi connectivity index (χ3v) is 4.39. The van der Waals surface area contributed by atoms with Crippen molar-refractivity contribution in [3.63, 3.8) is 0 Å². The molecule has 1 fully saturated rings. The zero-order chi connectivity index (χ0) is 18.0. The van der Waals surface area contributed by atoms with Gasteiger partial charge in [-0.25, -0.2) is 0 Å². The Labute approximate surface area is 143 Å². The van der Waals surface area contributed by atoms with Gasteiger partial charge in [0.15, 0.2) is 5.76 Å². The first-order chi connectivity index (χ1) is 11.9. The largest absolute Gasteiger partial charge is 0.451 e. The molecule has 2 N–H and O–H groups in total. The molecule has 8 heteroatoms. The fourth-order valence-electron chi connectivity index (χ4n) is 3.04. The van der Waals surface area contributed by atoms with E-state index in [1.165, 1.54) is 4.90 Å². The van der Waals surface area contributed by atoms with Crippen LogP contribution in [0.4, 0.5) is 13.2 Å². The summed E-state index contributed by atoms with van der Waals surface area (Å²) in [5.74, 6) is -0.620. The van der Waals surface area contributed by atoms with Crippen molar-refractivity contribution in [1.29, 1.82) is 0 Å². The van der Waals surface area contributed by atoms with Crippen LogP contribution in [0.3, 0.4) is 0 Å². The van der Waals surface area contributed by atoms with Crippen LogP contribution >= 0.6 is 0 Å². The number of hydrogen-bond acceptors (Lipinski definition) is 4. The van der Waals surface area contributed by atoms with E-state index in [9.17, 15) is 18.0 Å². The molecule has 1 atom stereocenters. The van der Waals surface area contributed by atoms with E-state index in [2.05, 4.69) is 10.6 Å². The van der Waals surface area contributed by atoms with E-state index in [1.54, 1.807) is 12.1 Å². The van der Waals surface area contributed by atoms with Crippen LogP contribution in [-0.4, -0.2) is 55.7 Å². The maximum absolute atomic E-state index is 13.3. The topological polar surface area (TPSA) is 57.5 Å². The van der Waals surface area contributed by atoms with Crippen molar-refractivity contribution in [3.05, 3.63) is 35.6 Å². The molecule has 2 heterocycles. The highest BCUT2D eigenvalue weighted by Gasteiger charge is 2.43. The monoisotopic (exact) mass is 355 g/mol. The molecule has 0 radical (unpaired) electrons. The van der Waals surface area contributed by atoms with Gasteiger partial charge >= 0.3 is 6.18 Å². The molecule has 0 spiro atoms. The Morgan fingerprint density at radius 2 is 2.08 bits per heavy atom. The van der Waals surface area contributed by atoms with E-state index < -0.39 is 24.7 Å². The summed E-state index contributed by atoms with van der Waals surface area (Å²) in [4.78, 5) is 13.6. The fraction of sp³-hybridized carbons (Fsp3) is 0.471. The number of amides is 1. The molecular formula is C17H20F3N3O2. The number of fused-ring (bicyclic) bond motifs is 1. The number of hydrogen-bond donors (Lipinski definition) is 2. The molecule has 1 aliphatic heterocycles. The Kier molecular flexibility index (Phi) is 5.01. The van der Waals surface area contributed by atoms with E-state index >= 15 is 0 Å². The number of nitrogens with zero attached hydrogens (tertiary/aromatic N) is 1. The molecule has 1 aromatic heterocycles. The minimum atomic E-state index is -4.41. The molecular weight excluding hydrogens is 335 g/mol. The minimum absolute atomic E-state index is 0.0190. The lowest BCUT2D eigenvalue weighted by atomic mass is 10.2. The van der Waals surface area contributed by atoms with Gasteiger partial charge in [-0.3, -0.25) is 9.69 Å². The summed E-state index contributed by atoms with van der Waals surface area (Å²) in [5.41, 5.74) is 1.44.